The summed E-state index contributed by atoms with van der Waals surface area (Å²) >= 11 is 0. The minimum Gasteiger partial charge on any atom is -0.355 e. The van der Waals surface area contributed by atoms with Crippen molar-refractivity contribution >= 4 is 17.5 Å². The zero-order chi connectivity index (χ0) is 16.4. The standard InChI is InChI=1S/C16H21N5O2/c1-3-14(22)20-8-4-5-11(10-20)13-6-7-18-15-12(16(23)17-2)9-19-21(13)15/h6-7,9,11H,3-5,8,10H2,1-2H3,(H,17,23). The first-order valence-electron chi connectivity index (χ1n) is 7.98. The van der Waals surface area contributed by atoms with Gasteiger partial charge in [-0.15, -0.1) is 0 Å². The number of hydrogen-bond donors (Lipinski definition) is 1. The van der Waals surface area contributed by atoms with Gasteiger partial charge in [0.25, 0.3) is 5.91 Å². The van der Waals surface area contributed by atoms with Gasteiger partial charge in [0.2, 0.25) is 5.91 Å². The molecule has 122 valence electrons. The Balaban J connectivity index is 1.95. The molecule has 1 aliphatic rings. The number of amides is 2. The highest BCUT2D eigenvalue weighted by Crippen LogP contribution is 2.27. The van der Waals surface area contributed by atoms with Crippen LogP contribution < -0.4 is 5.32 Å². The third-order valence-corrected chi connectivity index (χ3v) is 4.40. The van der Waals surface area contributed by atoms with Crippen molar-refractivity contribution < 1.29 is 9.59 Å². The lowest BCUT2D eigenvalue weighted by atomic mass is 9.94. The van der Waals surface area contributed by atoms with Crippen molar-refractivity contribution in [3.63, 3.8) is 0 Å². The normalized spacial score (nSPS) is 18.2. The fraction of sp³-hybridized carbons (Fsp3) is 0.500. The van der Waals surface area contributed by atoms with Crippen LogP contribution in [0.5, 0.6) is 0 Å². The molecule has 7 nitrogen and oxygen atoms in total. The van der Waals surface area contributed by atoms with E-state index in [1.807, 2.05) is 17.9 Å². The summed E-state index contributed by atoms with van der Waals surface area (Å²) in [6.07, 6.45) is 5.76. The van der Waals surface area contributed by atoms with Crippen molar-refractivity contribution in [1.29, 1.82) is 0 Å². The van der Waals surface area contributed by atoms with Crippen LogP contribution in [0.25, 0.3) is 5.65 Å². The van der Waals surface area contributed by atoms with Crippen LogP contribution in [0.2, 0.25) is 0 Å². The topological polar surface area (TPSA) is 79.6 Å². The van der Waals surface area contributed by atoms with Crippen molar-refractivity contribution in [2.24, 2.45) is 0 Å². The van der Waals surface area contributed by atoms with Crippen LogP contribution in [0.15, 0.2) is 18.5 Å². The molecule has 1 N–H and O–H groups in total. The molecule has 0 radical (unpaired) electrons. The Bertz CT molecular complexity index is 739. The molecule has 1 fully saturated rings. The molecule has 0 spiro atoms. The monoisotopic (exact) mass is 315 g/mol. The number of piperidine rings is 1. The molecule has 2 aromatic rings. The summed E-state index contributed by atoms with van der Waals surface area (Å²) in [5.74, 6) is 0.199. The maximum Gasteiger partial charge on any atom is 0.256 e. The number of fused-ring (bicyclic) bond motifs is 1. The largest absolute Gasteiger partial charge is 0.355 e. The van der Waals surface area contributed by atoms with Gasteiger partial charge in [-0.05, 0) is 18.9 Å². The summed E-state index contributed by atoms with van der Waals surface area (Å²) in [5.41, 5.74) is 2.02. The molecule has 1 aliphatic heterocycles. The summed E-state index contributed by atoms with van der Waals surface area (Å²) in [5, 5.41) is 6.95. The SMILES string of the molecule is CCC(=O)N1CCCC(c2ccnc3c(C(=O)NC)cnn23)C1. The van der Waals surface area contributed by atoms with E-state index in [4.69, 9.17) is 0 Å². The minimum atomic E-state index is -0.198. The van der Waals surface area contributed by atoms with Gasteiger partial charge in [0.05, 0.1) is 11.9 Å². The zero-order valence-corrected chi connectivity index (χ0v) is 13.5. The van der Waals surface area contributed by atoms with Crippen molar-refractivity contribution in [2.45, 2.75) is 32.1 Å². The van der Waals surface area contributed by atoms with Gasteiger partial charge in [-0.25, -0.2) is 9.50 Å². The number of carbonyl (C=O) groups excluding carboxylic acids is 2. The van der Waals surface area contributed by atoms with Crippen molar-refractivity contribution in [3.05, 3.63) is 29.7 Å². The summed E-state index contributed by atoms with van der Waals surface area (Å²) in [7, 11) is 1.59. The van der Waals surface area contributed by atoms with Crippen molar-refractivity contribution in [2.75, 3.05) is 20.1 Å². The number of nitrogens with zero attached hydrogens (tertiary/aromatic N) is 4. The Hall–Kier alpha value is -2.44. The number of nitrogens with one attached hydrogen (secondary N) is 1. The lowest BCUT2D eigenvalue weighted by Gasteiger charge is -2.32. The molecule has 1 unspecified atom stereocenters. The van der Waals surface area contributed by atoms with Gasteiger partial charge >= 0.3 is 0 Å². The van der Waals surface area contributed by atoms with E-state index in [0.717, 1.165) is 25.1 Å². The Morgan fingerprint density at radius 1 is 1.43 bits per heavy atom. The molecular formula is C16H21N5O2. The number of likely N-dealkylation sites (tertiary alicyclic amines) is 1. The summed E-state index contributed by atoms with van der Waals surface area (Å²) in [6, 6.07) is 1.93. The number of hydrogen-bond acceptors (Lipinski definition) is 4. The van der Waals surface area contributed by atoms with E-state index in [1.165, 1.54) is 0 Å². The molecule has 3 heterocycles. The lowest BCUT2D eigenvalue weighted by Crippen LogP contribution is -2.39. The van der Waals surface area contributed by atoms with E-state index in [1.54, 1.807) is 24.0 Å². The van der Waals surface area contributed by atoms with Gasteiger partial charge in [-0.2, -0.15) is 5.10 Å². The van der Waals surface area contributed by atoms with Gasteiger partial charge in [-0.1, -0.05) is 6.92 Å². The van der Waals surface area contributed by atoms with Gasteiger partial charge in [-0.3, -0.25) is 9.59 Å². The molecule has 1 saturated heterocycles. The molecule has 0 bridgehead atoms. The fourth-order valence-corrected chi connectivity index (χ4v) is 3.18. The van der Waals surface area contributed by atoms with Gasteiger partial charge in [0, 0.05) is 38.7 Å². The first-order chi connectivity index (χ1) is 11.2. The van der Waals surface area contributed by atoms with E-state index in [9.17, 15) is 9.59 Å². The molecule has 0 saturated carbocycles. The summed E-state index contributed by atoms with van der Waals surface area (Å²) < 4.78 is 1.73. The molecule has 2 amide bonds. The van der Waals surface area contributed by atoms with Gasteiger partial charge in [0.1, 0.15) is 5.56 Å². The molecule has 23 heavy (non-hydrogen) atoms. The Morgan fingerprint density at radius 2 is 2.26 bits per heavy atom. The van der Waals surface area contributed by atoms with Gasteiger partial charge in [0.15, 0.2) is 5.65 Å². The fourth-order valence-electron chi connectivity index (χ4n) is 3.18. The van der Waals surface area contributed by atoms with E-state index in [0.29, 0.717) is 24.2 Å². The van der Waals surface area contributed by atoms with Crippen LogP contribution in [0.4, 0.5) is 0 Å². The second-order valence-electron chi connectivity index (χ2n) is 5.77. The van der Waals surface area contributed by atoms with Crippen molar-refractivity contribution in [3.8, 4) is 0 Å². The molecule has 2 aromatic heterocycles. The smallest absolute Gasteiger partial charge is 0.256 e. The van der Waals surface area contributed by atoms with E-state index in [2.05, 4.69) is 15.4 Å². The first-order valence-corrected chi connectivity index (χ1v) is 7.98. The highest BCUT2D eigenvalue weighted by molar-refractivity contribution is 5.99. The first kappa shape index (κ1) is 15.5. The van der Waals surface area contributed by atoms with Crippen LogP contribution in [-0.2, 0) is 4.79 Å². The van der Waals surface area contributed by atoms with Gasteiger partial charge < -0.3 is 10.2 Å². The number of carbonyl (C=O) groups is 2. The van der Waals surface area contributed by atoms with Crippen LogP contribution >= 0.6 is 0 Å². The van der Waals surface area contributed by atoms with E-state index in [-0.39, 0.29) is 17.7 Å². The Morgan fingerprint density at radius 3 is 3.00 bits per heavy atom. The quantitative estimate of drug-likeness (QED) is 0.923. The number of aromatic nitrogens is 3. The lowest BCUT2D eigenvalue weighted by molar-refractivity contribution is -0.132. The maximum atomic E-state index is 12.0. The minimum absolute atomic E-state index is 0.187. The molecular weight excluding hydrogens is 294 g/mol. The average molecular weight is 315 g/mol. The maximum absolute atomic E-state index is 12.0. The van der Waals surface area contributed by atoms with Crippen LogP contribution in [-0.4, -0.2) is 51.4 Å². The van der Waals surface area contributed by atoms with Crippen molar-refractivity contribution in [1.82, 2.24) is 24.8 Å². The summed E-state index contributed by atoms with van der Waals surface area (Å²) in [6.45, 7) is 3.40. The predicted octanol–water partition coefficient (Wildman–Crippen LogP) is 1.20. The average Bonchev–Trinajstić information content (AvgIpc) is 3.04. The third kappa shape index (κ3) is 2.78. The van der Waals surface area contributed by atoms with E-state index >= 15 is 0 Å². The highest BCUT2D eigenvalue weighted by Gasteiger charge is 2.26. The van der Waals surface area contributed by atoms with Crippen LogP contribution in [0.1, 0.15) is 48.2 Å². The molecule has 1 atom stereocenters. The second kappa shape index (κ2) is 6.36. The molecule has 3 rings (SSSR count). The molecule has 0 aliphatic carbocycles. The zero-order valence-electron chi connectivity index (χ0n) is 13.5. The predicted molar refractivity (Wildman–Crippen MR) is 85.2 cm³/mol. The van der Waals surface area contributed by atoms with Crippen LogP contribution in [0, 0.1) is 0 Å². The number of rotatable bonds is 3. The third-order valence-electron chi connectivity index (χ3n) is 4.40. The van der Waals surface area contributed by atoms with E-state index < -0.39 is 0 Å². The summed E-state index contributed by atoms with van der Waals surface area (Å²) in [4.78, 5) is 30.1. The second-order valence-corrected chi connectivity index (χ2v) is 5.77. The highest BCUT2D eigenvalue weighted by atomic mass is 16.2. The van der Waals surface area contributed by atoms with Crippen LogP contribution in [0.3, 0.4) is 0 Å². The Labute approximate surface area is 134 Å². The Kier molecular flexibility index (Phi) is 4.27. The molecule has 0 aromatic carbocycles. The molecule has 7 heteroatoms.